The van der Waals surface area contributed by atoms with Gasteiger partial charge in [-0.1, -0.05) is 19.9 Å². The van der Waals surface area contributed by atoms with Crippen LogP contribution in [0.4, 0.5) is 4.39 Å². The van der Waals surface area contributed by atoms with Gasteiger partial charge >= 0.3 is 0 Å². The SMILES string of the molecule is CCC(C)c1ccc(F)c(-c2nn[nH]n2)c1. The zero-order chi connectivity index (χ0) is 11.5. The molecule has 0 saturated carbocycles. The van der Waals surface area contributed by atoms with Crippen LogP contribution in [-0.4, -0.2) is 20.6 Å². The number of H-pyrrole nitrogens is 1. The number of rotatable bonds is 3. The predicted molar refractivity (Wildman–Crippen MR) is 58.3 cm³/mol. The molecule has 4 nitrogen and oxygen atoms in total. The van der Waals surface area contributed by atoms with E-state index in [0.717, 1.165) is 12.0 Å². The summed E-state index contributed by atoms with van der Waals surface area (Å²) in [4.78, 5) is 0. The minimum absolute atomic E-state index is 0.294. The number of tetrazole rings is 1. The third-order valence-electron chi connectivity index (χ3n) is 2.76. The fourth-order valence-electron chi connectivity index (χ4n) is 1.53. The highest BCUT2D eigenvalue weighted by atomic mass is 19.1. The highest BCUT2D eigenvalue weighted by molar-refractivity contribution is 5.56. The van der Waals surface area contributed by atoms with E-state index in [1.54, 1.807) is 12.1 Å². The molecule has 2 aromatic rings. The van der Waals surface area contributed by atoms with E-state index < -0.39 is 0 Å². The van der Waals surface area contributed by atoms with Gasteiger partial charge in [0, 0.05) is 0 Å². The van der Waals surface area contributed by atoms with Crippen molar-refractivity contribution < 1.29 is 4.39 Å². The number of halogens is 1. The Morgan fingerprint density at radius 3 is 2.88 bits per heavy atom. The number of nitrogens with one attached hydrogen (secondary N) is 1. The average molecular weight is 220 g/mol. The minimum Gasteiger partial charge on any atom is -0.206 e. The minimum atomic E-state index is -0.326. The Labute approximate surface area is 92.9 Å². The van der Waals surface area contributed by atoms with Crippen LogP contribution in [0, 0.1) is 5.82 Å². The monoisotopic (exact) mass is 220 g/mol. The van der Waals surface area contributed by atoms with Crippen LogP contribution in [0.25, 0.3) is 11.4 Å². The Hall–Kier alpha value is -1.78. The van der Waals surface area contributed by atoms with Crippen molar-refractivity contribution in [3.63, 3.8) is 0 Å². The maximum atomic E-state index is 13.6. The quantitative estimate of drug-likeness (QED) is 0.864. The van der Waals surface area contributed by atoms with Gasteiger partial charge in [0.1, 0.15) is 5.82 Å². The lowest BCUT2D eigenvalue weighted by molar-refractivity contribution is 0.627. The lowest BCUT2D eigenvalue weighted by Gasteiger charge is -2.10. The van der Waals surface area contributed by atoms with Crippen LogP contribution >= 0.6 is 0 Å². The second-order valence-corrected chi connectivity index (χ2v) is 3.78. The van der Waals surface area contributed by atoms with E-state index >= 15 is 0 Å². The van der Waals surface area contributed by atoms with Crippen LogP contribution in [0.15, 0.2) is 18.2 Å². The average Bonchev–Trinajstić information content (AvgIpc) is 2.82. The Balaban J connectivity index is 2.45. The molecular weight excluding hydrogens is 207 g/mol. The maximum Gasteiger partial charge on any atom is 0.207 e. The summed E-state index contributed by atoms with van der Waals surface area (Å²) in [5, 5.41) is 13.3. The Kier molecular flexibility index (Phi) is 2.94. The second-order valence-electron chi connectivity index (χ2n) is 3.78. The van der Waals surface area contributed by atoms with Crippen molar-refractivity contribution in [2.45, 2.75) is 26.2 Å². The van der Waals surface area contributed by atoms with Crippen LogP contribution in [0.5, 0.6) is 0 Å². The van der Waals surface area contributed by atoms with Crippen LogP contribution in [0.3, 0.4) is 0 Å². The molecular formula is C11H13FN4. The van der Waals surface area contributed by atoms with E-state index in [9.17, 15) is 4.39 Å². The standard InChI is InChI=1S/C11H13FN4/c1-3-7(2)8-4-5-10(12)9(6-8)11-13-15-16-14-11/h4-7H,3H2,1-2H3,(H,13,14,15,16). The number of hydrogen-bond donors (Lipinski definition) is 1. The molecule has 0 spiro atoms. The van der Waals surface area contributed by atoms with Gasteiger partial charge in [0.15, 0.2) is 0 Å². The number of aromatic nitrogens is 4. The Morgan fingerprint density at radius 1 is 1.44 bits per heavy atom. The van der Waals surface area contributed by atoms with Gasteiger partial charge in [-0.15, -0.1) is 10.2 Å². The van der Waals surface area contributed by atoms with Crippen molar-refractivity contribution in [1.29, 1.82) is 0 Å². The van der Waals surface area contributed by atoms with Crippen molar-refractivity contribution in [1.82, 2.24) is 20.6 Å². The number of benzene rings is 1. The molecule has 1 aromatic carbocycles. The summed E-state index contributed by atoms with van der Waals surface area (Å²) in [6, 6.07) is 5.04. The van der Waals surface area contributed by atoms with Gasteiger partial charge in [-0.05, 0) is 35.2 Å². The molecule has 1 unspecified atom stereocenters. The first-order valence-electron chi connectivity index (χ1n) is 5.25. The fraction of sp³-hybridized carbons (Fsp3) is 0.364. The topological polar surface area (TPSA) is 54.5 Å². The molecule has 1 N–H and O–H groups in total. The van der Waals surface area contributed by atoms with Crippen LogP contribution in [-0.2, 0) is 0 Å². The summed E-state index contributed by atoms with van der Waals surface area (Å²) in [6.45, 7) is 4.20. The normalized spacial score (nSPS) is 12.7. The summed E-state index contributed by atoms with van der Waals surface area (Å²) in [5.74, 6) is 0.363. The van der Waals surface area contributed by atoms with E-state index in [2.05, 4.69) is 34.5 Å². The van der Waals surface area contributed by atoms with Gasteiger partial charge in [0.2, 0.25) is 5.82 Å². The van der Waals surface area contributed by atoms with Crippen molar-refractivity contribution in [2.75, 3.05) is 0 Å². The van der Waals surface area contributed by atoms with Crippen LogP contribution in [0.1, 0.15) is 31.7 Å². The highest BCUT2D eigenvalue weighted by Gasteiger charge is 2.12. The van der Waals surface area contributed by atoms with Gasteiger partial charge in [-0.2, -0.15) is 5.21 Å². The van der Waals surface area contributed by atoms with E-state index in [-0.39, 0.29) is 5.82 Å². The summed E-state index contributed by atoms with van der Waals surface area (Å²) in [5.41, 5.74) is 1.48. The van der Waals surface area contributed by atoms with Crippen molar-refractivity contribution in [3.05, 3.63) is 29.6 Å². The molecule has 0 bridgehead atoms. The fourth-order valence-corrected chi connectivity index (χ4v) is 1.53. The summed E-state index contributed by atoms with van der Waals surface area (Å²) < 4.78 is 13.6. The lowest BCUT2D eigenvalue weighted by atomic mass is 9.96. The molecule has 0 amide bonds. The van der Waals surface area contributed by atoms with E-state index in [0.29, 0.717) is 17.3 Å². The lowest BCUT2D eigenvalue weighted by Crippen LogP contribution is -1.95. The molecule has 1 aromatic heterocycles. The molecule has 5 heteroatoms. The molecule has 0 radical (unpaired) electrons. The Morgan fingerprint density at radius 2 is 2.25 bits per heavy atom. The van der Waals surface area contributed by atoms with Gasteiger partial charge < -0.3 is 0 Å². The molecule has 84 valence electrons. The van der Waals surface area contributed by atoms with Gasteiger partial charge in [-0.3, -0.25) is 0 Å². The van der Waals surface area contributed by atoms with E-state index in [1.807, 2.05) is 0 Å². The smallest absolute Gasteiger partial charge is 0.206 e. The highest BCUT2D eigenvalue weighted by Crippen LogP contribution is 2.25. The predicted octanol–water partition coefficient (Wildman–Crippen LogP) is 2.52. The van der Waals surface area contributed by atoms with Crippen LogP contribution in [0.2, 0.25) is 0 Å². The first-order valence-corrected chi connectivity index (χ1v) is 5.25. The van der Waals surface area contributed by atoms with Crippen LogP contribution < -0.4 is 0 Å². The van der Waals surface area contributed by atoms with Crippen molar-refractivity contribution in [3.8, 4) is 11.4 Å². The van der Waals surface area contributed by atoms with Crippen molar-refractivity contribution >= 4 is 0 Å². The Bertz CT molecular complexity index is 467. The van der Waals surface area contributed by atoms with Gasteiger partial charge in [-0.25, -0.2) is 4.39 Å². The molecule has 0 fully saturated rings. The first-order chi connectivity index (χ1) is 7.72. The largest absolute Gasteiger partial charge is 0.207 e. The number of aromatic amines is 1. The third kappa shape index (κ3) is 1.93. The summed E-state index contributed by atoms with van der Waals surface area (Å²) in [7, 11) is 0. The van der Waals surface area contributed by atoms with E-state index in [1.165, 1.54) is 6.07 Å². The molecule has 0 saturated heterocycles. The zero-order valence-corrected chi connectivity index (χ0v) is 9.24. The third-order valence-corrected chi connectivity index (χ3v) is 2.76. The molecule has 16 heavy (non-hydrogen) atoms. The summed E-state index contributed by atoms with van der Waals surface area (Å²) >= 11 is 0. The van der Waals surface area contributed by atoms with Crippen molar-refractivity contribution in [2.24, 2.45) is 0 Å². The molecule has 0 aliphatic heterocycles. The summed E-state index contributed by atoms with van der Waals surface area (Å²) in [6.07, 6.45) is 1.01. The van der Waals surface area contributed by atoms with Gasteiger partial charge in [0.05, 0.1) is 5.56 Å². The maximum absolute atomic E-state index is 13.6. The molecule has 1 heterocycles. The van der Waals surface area contributed by atoms with E-state index in [4.69, 9.17) is 0 Å². The molecule has 2 rings (SSSR count). The molecule has 0 aliphatic rings. The number of hydrogen-bond acceptors (Lipinski definition) is 3. The zero-order valence-electron chi connectivity index (χ0n) is 9.24. The first kappa shape index (κ1) is 10.7. The van der Waals surface area contributed by atoms with Gasteiger partial charge in [0.25, 0.3) is 0 Å². The second kappa shape index (κ2) is 4.38. The molecule has 1 atom stereocenters. The number of nitrogens with zero attached hydrogens (tertiary/aromatic N) is 3. The molecule has 0 aliphatic carbocycles.